The molecule has 0 atom stereocenters. The van der Waals surface area contributed by atoms with Crippen LogP contribution in [-0.2, 0) is 9.47 Å². The van der Waals surface area contributed by atoms with Crippen LogP contribution in [0.2, 0.25) is 0 Å². The van der Waals surface area contributed by atoms with E-state index in [0.29, 0.717) is 23.0 Å². The Hall–Kier alpha value is -3.83. The van der Waals surface area contributed by atoms with Crippen LogP contribution in [0, 0.1) is 11.8 Å². The van der Waals surface area contributed by atoms with E-state index in [9.17, 15) is 9.59 Å². The van der Waals surface area contributed by atoms with Crippen molar-refractivity contribution < 1.29 is 19.1 Å². The maximum Gasteiger partial charge on any atom is 0.413 e. The van der Waals surface area contributed by atoms with Gasteiger partial charge in [-0.3, -0.25) is 5.32 Å². The van der Waals surface area contributed by atoms with E-state index < -0.39 is 17.8 Å². The molecule has 2 aromatic carbocycles. The van der Waals surface area contributed by atoms with Gasteiger partial charge in [-0.2, -0.15) is 0 Å². The third kappa shape index (κ3) is 6.40. The van der Waals surface area contributed by atoms with E-state index in [4.69, 9.17) is 9.47 Å². The number of rotatable bonds is 5. The minimum atomic E-state index is -0.579. The molecule has 0 bridgehead atoms. The molecule has 1 aliphatic carbocycles. The van der Waals surface area contributed by atoms with Crippen LogP contribution in [-0.4, -0.2) is 35.9 Å². The van der Waals surface area contributed by atoms with Crippen molar-refractivity contribution >= 4 is 28.7 Å². The van der Waals surface area contributed by atoms with Gasteiger partial charge in [-0.15, -0.1) is 0 Å². The first-order valence-corrected chi connectivity index (χ1v) is 12.2. The minimum Gasteiger partial charge on any atom is -0.449 e. The van der Waals surface area contributed by atoms with Crippen LogP contribution in [0.3, 0.4) is 0 Å². The fraction of sp³-hybridized carbons (Fsp3) is 0.296. The highest BCUT2D eigenvalue weighted by Gasteiger charge is 2.28. The molecule has 4 rings (SSSR count). The largest absolute Gasteiger partial charge is 0.449 e. The van der Waals surface area contributed by atoms with Gasteiger partial charge in [0.2, 0.25) is 0 Å². The quantitative estimate of drug-likeness (QED) is 0.351. The minimum absolute atomic E-state index is 0.0303. The molecule has 8 heteroatoms. The van der Waals surface area contributed by atoms with Gasteiger partial charge in [-0.05, 0) is 43.0 Å². The maximum absolute atomic E-state index is 12.2. The van der Waals surface area contributed by atoms with Crippen LogP contribution < -0.4 is 10.6 Å². The fourth-order valence-electron chi connectivity index (χ4n) is 3.81. The molecule has 0 fully saturated rings. The summed E-state index contributed by atoms with van der Waals surface area (Å²) in [7, 11) is 0. The zero-order valence-corrected chi connectivity index (χ0v) is 20.7. The maximum atomic E-state index is 12.2. The van der Waals surface area contributed by atoms with Crippen LogP contribution in [0.15, 0.2) is 54.7 Å². The van der Waals surface area contributed by atoms with Crippen molar-refractivity contribution in [1.82, 2.24) is 10.3 Å². The lowest BCUT2D eigenvalue weighted by Gasteiger charge is -2.18. The van der Waals surface area contributed by atoms with Crippen molar-refractivity contribution in [2.75, 3.05) is 18.5 Å². The standard InChI is InChI=1S/C27H27N3O4S/c1-27(2,3)34-26(32)30-24-29-16-18(35-24)10-8-9-15-28-25(31)33-17-23-21-13-6-4-11-19(21)20-12-5-7-14-22(20)23/h4-7,11-14,16,23H,9,15,17H2,1-3H3,(H,28,31)(H,29,30,32). The van der Waals surface area contributed by atoms with Crippen molar-refractivity contribution in [2.24, 2.45) is 0 Å². The van der Waals surface area contributed by atoms with Crippen LogP contribution in [0.1, 0.15) is 49.1 Å². The Bertz CT molecular complexity index is 1240. The smallest absolute Gasteiger partial charge is 0.413 e. The second kappa shape index (κ2) is 10.6. The molecule has 2 N–H and O–H groups in total. The third-order valence-electron chi connectivity index (χ3n) is 5.19. The first kappa shape index (κ1) is 24.3. The summed E-state index contributed by atoms with van der Waals surface area (Å²) in [5, 5.41) is 5.75. The number of anilines is 1. The van der Waals surface area contributed by atoms with E-state index in [1.807, 2.05) is 24.3 Å². The molecule has 1 aliphatic rings. The number of hydrogen-bond donors (Lipinski definition) is 2. The first-order valence-electron chi connectivity index (χ1n) is 11.3. The number of carbonyl (C=O) groups is 2. The third-order valence-corrected chi connectivity index (χ3v) is 6.02. The highest BCUT2D eigenvalue weighted by atomic mass is 32.1. The van der Waals surface area contributed by atoms with Gasteiger partial charge in [-0.25, -0.2) is 14.6 Å². The number of aromatic nitrogens is 1. The van der Waals surface area contributed by atoms with Crippen molar-refractivity contribution in [3.8, 4) is 23.0 Å². The molecule has 1 heterocycles. The number of nitrogens with one attached hydrogen (secondary N) is 2. The van der Waals surface area contributed by atoms with Gasteiger partial charge in [0.1, 0.15) is 12.2 Å². The number of nitrogens with zero attached hydrogens (tertiary/aromatic N) is 1. The number of benzene rings is 2. The Morgan fingerprint density at radius 3 is 2.34 bits per heavy atom. The van der Waals surface area contributed by atoms with Gasteiger partial charge in [0.05, 0.1) is 11.1 Å². The van der Waals surface area contributed by atoms with E-state index in [-0.39, 0.29) is 12.5 Å². The topological polar surface area (TPSA) is 89.5 Å². The summed E-state index contributed by atoms with van der Waals surface area (Å²) in [5.41, 5.74) is 4.17. The summed E-state index contributed by atoms with van der Waals surface area (Å²) < 4.78 is 10.7. The Labute approximate surface area is 208 Å². The predicted octanol–water partition coefficient (Wildman–Crippen LogP) is 5.77. The molecule has 1 aromatic heterocycles. The second-order valence-electron chi connectivity index (χ2n) is 8.96. The lowest BCUT2D eigenvalue weighted by atomic mass is 9.98. The summed E-state index contributed by atoms with van der Waals surface area (Å²) in [5.74, 6) is 6.00. The van der Waals surface area contributed by atoms with E-state index in [0.717, 1.165) is 0 Å². The molecule has 0 unspecified atom stereocenters. The number of ether oxygens (including phenoxy) is 2. The number of alkyl carbamates (subject to hydrolysis) is 1. The Morgan fingerprint density at radius 1 is 1.03 bits per heavy atom. The molecule has 0 aliphatic heterocycles. The normalized spacial score (nSPS) is 12.1. The summed E-state index contributed by atoms with van der Waals surface area (Å²) in [4.78, 5) is 28.9. The average Bonchev–Trinajstić information content (AvgIpc) is 3.38. The number of carbonyl (C=O) groups excluding carboxylic acids is 2. The molecule has 180 valence electrons. The Morgan fingerprint density at radius 2 is 1.69 bits per heavy atom. The molecule has 2 amide bonds. The van der Waals surface area contributed by atoms with Gasteiger partial charge >= 0.3 is 12.2 Å². The van der Waals surface area contributed by atoms with Gasteiger partial charge in [0.15, 0.2) is 5.13 Å². The number of fused-ring (bicyclic) bond motifs is 3. The van der Waals surface area contributed by atoms with Crippen molar-refractivity contribution in [3.05, 3.63) is 70.7 Å². The Kier molecular flexibility index (Phi) is 7.37. The summed E-state index contributed by atoms with van der Waals surface area (Å²) in [6.07, 6.45) is 1.02. The molecule has 3 aromatic rings. The molecule has 35 heavy (non-hydrogen) atoms. The van der Waals surface area contributed by atoms with E-state index in [1.54, 1.807) is 27.0 Å². The van der Waals surface area contributed by atoms with Crippen molar-refractivity contribution in [3.63, 3.8) is 0 Å². The van der Waals surface area contributed by atoms with Crippen LogP contribution >= 0.6 is 11.3 Å². The second-order valence-corrected chi connectivity index (χ2v) is 9.99. The zero-order valence-electron chi connectivity index (χ0n) is 19.9. The van der Waals surface area contributed by atoms with E-state index in [1.165, 1.54) is 33.6 Å². The predicted molar refractivity (Wildman–Crippen MR) is 137 cm³/mol. The molecule has 0 saturated carbocycles. The molecule has 7 nitrogen and oxygen atoms in total. The average molecular weight is 490 g/mol. The Balaban J connectivity index is 1.21. The molecular weight excluding hydrogens is 462 g/mol. The van der Waals surface area contributed by atoms with Crippen molar-refractivity contribution in [2.45, 2.75) is 38.7 Å². The lowest BCUT2D eigenvalue weighted by Crippen LogP contribution is -2.27. The van der Waals surface area contributed by atoms with Gasteiger partial charge in [0, 0.05) is 18.9 Å². The van der Waals surface area contributed by atoms with Gasteiger partial charge in [0.25, 0.3) is 0 Å². The SMILES string of the molecule is CC(C)(C)OC(=O)Nc1ncc(C#CCCNC(=O)OCC2c3ccccc3-c3ccccc32)s1. The molecular formula is C27H27N3O4S. The summed E-state index contributed by atoms with van der Waals surface area (Å²) in [6, 6.07) is 16.5. The van der Waals surface area contributed by atoms with Gasteiger partial charge in [-0.1, -0.05) is 71.7 Å². The van der Waals surface area contributed by atoms with Crippen molar-refractivity contribution in [1.29, 1.82) is 0 Å². The highest BCUT2D eigenvalue weighted by molar-refractivity contribution is 7.16. The summed E-state index contributed by atoms with van der Waals surface area (Å²) in [6.45, 7) is 6.02. The van der Waals surface area contributed by atoms with Gasteiger partial charge < -0.3 is 14.8 Å². The van der Waals surface area contributed by atoms with E-state index >= 15 is 0 Å². The van der Waals surface area contributed by atoms with Crippen LogP contribution in [0.5, 0.6) is 0 Å². The lowest BCUT2D eigenvalue weighted by molar-refractivity contribution is 0.0636. The fourth-order valence-corrected chi connectivity index (χ4v) is 4.48. The highest BCUT2D eigenvalue weighted by Crippen LogP contribution is 2.44. The number of amides is 2. The molecule has 0 saturated heterocycles. The number of hydrogen-bond acceptors (Lipinski definition) is 6. The number of thiazole rings is 1. The van der Waals surface area contributed by atoms with E-state index in [2.05, 4.69) is 51.7 Å². The summed E-state index contributed by atoms with van der Waals surface area (Å²) >= 11 is 1.25. The monoisotopic (exact) mass is 489 g/mol. The first-order chi connectivity index (χ1) is 16.8. The zero-order chi connectivity index (χ0) is 24.8. The van der Waals surface area contributed by atoms with Crippen LogP contribution in [0.25, 0.3) is 11.1 Å². The molecule has 0 radical (unpaired) electrons. The van der Waals surface area contributed by atoms with Crippen LogP contribution in [0.4, 0.5) is 14.7 Å². The molecule has 0 spiro atoms.